The number of nitrogens with zero attached hydrogens (tertiary/aromatic N) is 1. The fourth-order valence-electron chi connectivity index (χ4n) is 2.45. The number of ether oxygens (including phenoxy) is 1. The third kappa shape index (κ3) is 3.13. The van der Waals surface area contributed by atoms with Crippen molar-refractivity contribution in [2.24, 2.45) is 5.92 Å². The number of hydrogen-bond acceptors (Lipinski definition) is 6. The number of aryl methyl sites for hydroxylation is 1. The Bertz CT molecular complexity index is 631. The molecule has 118 valence electrons. The van der Waals surface area contributed by atoms with Crippen LogP contribution in [0, 0.1) is 12.8 Å². The first-order chi connectivity index (χ1) is 9.77. The SMILES string of the molecule is COC(=O)c1scc(C)c1S(=O)(=O)N(C)CC1CC(O)C1. The lowest BCUT2D eigenvalue weighted by Crippen LogP contribution is -2.39. The molecule has 0 radical (unpaired) electrons. The van der Waals surface area contributed by atoms with Crippen LogP contribution in [-0.4, -0.2) is 50.6 Å². The first kappa shape index (κ1) is 16.4. The van der Waals surface area contributed by atoms with Crippen LogP contribution in [0.4, 0.5) is 0 Å². The number of aliphatic hydroxyl groups excluding tert-OH is 1. The van der Waals surface area contributed by atoms with Gasteiger partial charge in [-0.2, -0.15) is 0 Å². The average Bonchev–Trinajstić information content (AvgIpc) is 2.78. The van der Waals surface area contributed by atoms with Crippen molar-refractivity contribution in [3.63, 3.8) is 0 Å². The number of sulfonamides is 1. The Kier molecular flexibility index (Phi) is 4.72. The maximum absolute atomic E-state index is 12.7. The van der Waals surface area contributed by atoms with Gasteiger partial charge in [0.25, 0.3) is 0 Å². The third-order valence-corrected chi connectivity index (χ3v) is 6.90. The predicted molar refractivity (Wildman–Crippen MR) is 78.9 cm³/mol. The van der Waals surface area contributed by atoms with Crippen molar-refractivity contribution in [1.29, 1.82) is 0 Å². The molecule has 1 aromatic rings. The number of aliphatic hydroxyl groups is 1. The molecule has 0 atom stereocenters. The highest BCUT2D eigenvalue weighted by Crippen LogP contribution is 2.32. The maximum Gasteiger partial charge on any atom is 0.349 e. The summed E-state index contributed by atoms with van der Waals surface area (Å²) in [7, 11) is -1.01. The highest BCUT2D eigenvalue weighted by atomic mass is 32.2. The van der Waals surface area contributed by atoms with E-state index in [9.17, 15) is 18.3 Å². The van der Waals surface area contributed by atoms with Crippen LogP contribution in [-0.2, 0) is 14.8 Å². The number of methoxy groups -OCH3 is 1. The first-order valence-corrected chi connectivity index (χ1v) is 8.90. The Morgan fingerprint density at radius 3 is 2.67 bits per heavy atom. The maximum atomic E-state index is 12.7. The summed E-state index contributed by atoms with van der Waals surface area (Å²) in [5.41, 5.74) is 0.542. The van der Waals surface area contributed by atoms with Crippen molar-refractivity contribution in [2.45, 2.75) is 30.8 Å². The Morgan fingerprint density at radius 1 is 1.52 bits per heavy atom. The van der Waals surface area contributed by atoms with Gasteiger partial charge < -0.3 is 9.84 Å². The minimum Gasteiger partial charge on any atom is -0.465 e. The fraction of sp³-hybridized carbons (Fsp3) is 0.615. The Hall–Kier alpha value is -0.960. The van der Waals surface area contributed by atoms with Gasteiger partial charge in [0.1, 0.15) is 9.77 Å². The summed E-state index contributed by atoms with van der Waals surface area (Å²) in [6.45, 7) is 2.01. The van der Waals surface area contributed by atoms with E-state index < -0.39 is 16.0 Å². The van der Waals surface area contributed by atoms with Crippen LogP contribution >= 0.6 is 11.3 Å². The fourth-order valence-corrected chi connectivity index (χ4v) is 5.35. The van der Waals surface area contributed by atoms with Crippen molar-refractivity contribution in [3.8, 4) is 0 Å². The molecule has 0 amide bonds. The quantitative estimate of drug-likeness (QED) is 0.820. The summed E-state index contributed by atoms with van der Waals surface area (Å²) in [6.07, 6.45) is 0.915. The van der Waals surface area contributed by atoms with Crippen molar-refractivity contribution < 1.29 is 23.1 Å². The van der Waals surface area contributed by atoms with Gasteiger partial charge in [-0.1, -0.05) is 0 Å². The number of carbonyl (C=O) groups excluding carboxylic acids is 1. The monoisotopic (exact) mass is 333 g/mol. The molecular formula is C13H19NO5S2. The van der Waals surface area contributed by atoms with Gasteiger partial charge >= 0.3 is 5.97 Å². The van der Waals surface area contributed by atoms with E-state index in [1.165, 1.54) is 18.5 Å². The lowest BCUT2D eigenvalue weighted by molar-refractivity contribution is 0.0367. The largest absolute Gasteiger partial charge is 0.465 e. The molecule has 1 saturated carbocycles. The summed E-state index contributed by atoms with van der Waals surface area (Å²) in [4.78, 5) is 11.9. The molecule has 6 nitrogen and oxygen atoms in total. The van der Waals surface area contributed by atoms with Gasteiger partial charge in [-0.15, -0.1) is 11.3 Å². The van der Waals surface area contributed by atoms with Crippen LogP contribution in [0.5, 0.6) is 0 Å². The van der Waals surface area contributed by atoms with E-state index in [0.29, 0.717) is 24.9 Å². The number of thiophene rings is 1. The van der Waals surface area contributed by atoms with Crippen molar-refractivity contribution >= 4 is 27.3 Å². The topological polar surface area (TPSA) is 83.9 Å². The minimum atomic E-state index is -3.74. The highest BCUT2D eigenvalue weighted by molar-refractivity contribution is 7.89. The number of hydrogen-bond donors (Lipinski definition) is 1. The molecule has 8 heteroatoms. The highest BCUT2D eigenvalue weighted by Gasteiger charge is 2.35. The molecule has 1 heterocycles. The van der Waals surface area contributed by atoms with Gasteiger partial charge in [-0.3, -0.25) is 0 Å². The summed E-state index contributed by atoms with van der Waals surface area (Å²) in [5, 5.41) is 10.9. The molecule has 0 spiro atoms. The van der Waals surface area contributed by atoms with Gasteiger partial charge in [0, 0.05) is 13.6 Å². The first-order valence-electron chi connectivity index (χ1n) is 6.58. The second-order valence-corrected chi connectivity index (χ2v) is 8.21. The number of esters is 1. The van der Waals surface area contributed by atoms with Gasteiger partial charge in [0.2, 0.25) is 10.0 Å². The van der Waals surface area contributed by atoms with Crippen molar-refractivity contribution in [3.05, 3.63) is 15.8 Å². The summed E-state index contributed by atoms with van der Waals surface area (Å²) >= 11 is 1.07. The molecule has 0 saturated heterocycles. The smallest absolute Gasteiger partial charge is 0.349 e. The van der Waals surface area contributed by atoms with E-state index in [2.05, 4.69) is 4.74 Å². The third-order valence-electron chi connectivity index (χ3n) is 3.68. The van der Waals surface area contributed by atoms with Gasteiger partial charge in [0.15, 0.2) is 0 Å². The summed E-state index contributed by atoms with van der Waals surface area (Å²) in [5.74, 6) is -0.473. The molecule has 1 fully saturated rings. The van der Waals surface area contributed by atoms with E-state index in [1.807, 2.05) is 0 Å². The molecule has 1 aliphatic rings. The van der Waals surface area contributed by atoms with Crippen LogP contribution in [0.1, 0.15) is 28.1 Å². The van der Waals surface area contributed by atoms with Crippen LogP contribution in [0.3, 0.4) is 0 Å². The zero-order chi connectivity index (χ0) is 15.8. The second-order valence-electron chi connectivity index (χ2n) is 5.35. The molecule has 1 aromatic heterocycles. The number of carbonyl (C=O) groups is 1. The lowest BCUT2D eigenvalue weighted by atomic mass is 9.82. The molecule has 2 rings (SSSR count). The van der Waals surface area contributed by atoms with Crippen molar-refractivity contribution in [1.82, 2.24) is 4.31 Å². The van der Waals surface area contributed by atoms with E-state index in [-0.39, 0.29) is 21.8 Å². The molecular weight excluding hydrogens is 314 g/mol. The van der Waals surface area contributed by atoms with Gasteiger partial charge in [-0.25, -0.2) is 17.5 Å². The molecule has 1 N–H and O–H groups in total. The van der Waals surface area contributed by atoms with E-state index >= 15 is 0 Å². The second kappa shape index (κ2) is 6.04. The van der Waals surface area contributed by atoms with Crippen LogP contribution < -0.4 is 0 Å². The van der Waals surface area contributed by atoms with Crippen LogP contribution in [0.25, 0.3) is 0 Å². The predicted octanol–water partition coefficient (Wildman–Crippen LogP) is 1.23. The Balaban J connectivity index is 2.26. The molecule has 0 bridgehead atoms. The van der Waals surface area contributed by atoms with Crippen molar-refractivity contribution in [2.75, 3.05) is 20.7 Å². The normalized spacial score (nSPS) is 22.1. The molecule has 0 aromatic carbocycles. The Morgan fingerprint density at radius 2 is 2.14 bits per heavy atom. The summed E-state index contributed by atoms with van der Waals surface area (Å²) in [6, 6.07) is 0. The molecule has 21 heavy (non-hydrogen) atoms. The Labute approximate surface area is 128 Å². The van der Waals surface area contributed by atoms with Crippen LogP contribution in [0.15, 0.2) is 10.3 Å². The zero-order valence-electron chi connectivity index (χ0n) is 12.2. The standard InChI is InChI=1S/C13H19NO5S2/c1-8-7-20-11(13(16)19-3)12(8)21(17,18)14(2)6-9-4-10(15)5-9/h7,9-10,15H,4-6H2,1-3H3. The number of rotatable bonds is 5. The van der Waals surface area contributed by atoms with E-state index in [4.69, 9.17) is 0 Å². The lowest BCUT2D eigenvalue weighted by Gasteiger charge is -2.34. The molecule has 0 unspecified atom stereocenters. The molecule has 0 aliphatic heterocycles. The van der Waals surface area contributed by atoms with Gasteiger partial charge in [0.05, 0.1) is 13.2 Å². The molecule has 1 aliphatic carbocycles. The zero-order valence-corrected chi connectivity index (χ0v) is 13.8. The minimum absolute atomic E-state index is 0.0294. The summed E-state index contributed by atoms with van der Waals surface area (Å²) < 4.78 is 31.3. The average molecular weight is 333 g/mol. The van der Waals surface area contributed by atoms with Crippen LogP contribution in [0.2, 0.25) is 0 Å². The van der Waals surface area contributed by atoms with E-state index in [1.54, 1.807) is 12.3 Å². The van der Waals surface area contributed by atoms with E-state index in [0.717, 1.165) is 11.3 Å². The van der Waals surface area contributed by atoms with Gasteiger partial charge in [-0.05, 0) is 36.6 Å².